The number of ether oxygens (including phenoxy) is 1. The van der Waals surface area contributed by atoms with Crippen molar-refractivity contribution in [3.8, 4) is 0 Å². The third-order valence-corrected chi connectivity index (χ3v) is 4.34. The van der Waals surface area contributed by atoms with E-state index in [-0.39, 0.29) is 6.61 Å². The molecule has 2 aromatic rings. The van der Waals surface area contributed by atoms with Crippen molar-refractivity contribution < 1.29 is 9.53 Å². The van der Waals surface area contributed by atoms with Gasteiger partial charge in [-0.3, -0.25) is 0 Å². The third kappa shape index (κ3) is 4.52. The van der Waals surface area contributed by atoms with Crippen molar-refractivity contribution in [2.24, 2.45) is 9.98 Å². The van der Waals surface area contributed by atoms with Crippen LogP contribution >= 0.6 is 12.2 Å². The Balaban J connectivity index is 2.00. The Morgan fingerprint density at radius 1 is 1.14 bits per heavy atom. The zero-order valence-corrected chi connectivity index (χ0v) is 16.4. The maximum absolute atomic E-state index is 12.5. The fraction of sp³-hybridized carbons (Fsp3) is 0.190. The summed E-state index contributed by atoms with van der Waals surface area (Å²) in [5, 5.41) is 6.57. The number of thiocarbonyl (C=S) groups is 1. The van der Waals surface area contributed by atoms with Gasteiger partial charge < -0.3 is 15.4 Å². The summed E-state index contributed by atoms with van der Waals surface area (Å²) < 4.78 is 5.23. The Bertz CT molecular complexity index is 979. The fourth-order valence-corrected chi connectivity index (χ4v) is 3.15. The van der Waals surface area contributed by atoms with Crippen molar-refractivity contribution in [2.45, 2.75) is 19.9 Å². The lowest BCUT2D eigenvalue weighted by molar-refractivity contribution is -0.139. The van der Waals surface area contributed by atoms with Gasteiger partial charge in [-0.1, -0.05) is 36.4 Å². The predicted molar refractivity (Wildman–Crippen MR) is 113 cm³/mol. The van der Waals surface area contributed by atoms with E-state index < -0.39 is 12.0 Å². The van der Waals surface area contributed by atoms with E-state index in [0.717, 1.165) is 11.3 Å². The topological polar surface area (TPSA) is 75.1 Å². The number of aliphatic imine (C=N–C) groups is 2. The van der Waals surface area contributed by atoms with E-state index in [1.807, 2.05) is 54.6 Å². The van der Waals surface area contributed by atoms with Crippen LogP contribution in [0.1, 0.15) is 25.5 Å². The molecule has 1 aliphatic heterocycles. The second-order valence-electron chi connectivity index (χ2n) is 6.01. The first-order chi connectivity index (χ1) is 13.6. The Hall–Kier alpha value is -3.28. The quantitative estimate of drug-likeness (QED) is 0.454. The Labute approximate surface area is 169 Å². The van der Waals surface area contributed by atoms with E-state index in [0.29, 0.717) is 22.1 Å². The average Bonchev–Trinajstić information content (AvgIpc) is 2.69. The number of carbonyl (C=O) groups is 1. The highest BCUT2D eigenvalue weighted by atomic mass is 32.1. The van der Waals surface area contributed by atoms with Gasteiger partial charge in [-0.2, -0.15) is 9.98 Å². The molecule has 0 saturated heterocycles. The number of nitrogens with one attached hydrogen (secondary N) is 2. The lowest BCUT2D eigenvalue weighted by Crippen LogP contribution is -2.45. The first kappa shape index (κ1) is 19.5. The number of nitrogens with zero attached hydrogens (tertiary/aromatic N) is 2. The van der Waals surface area contributed by atoms with Crippen LogP contribution in [0.5, 0.6) is 0 Å². The van der Waals surface area contributed by atoms with E-state index >= 15 is 0 Å². The molecule has 0 spiro atoms. The largest absolute Gasteiger partial charge is 0.463 e. The fourth-order valence-electron chi connectivity index (χ4n) is 2.88. The van der Waals surface area contributed by atoms with E-state index in [9.17, 15) is 4.79 Å². The molecule has 0 fully saturated rings. The summed E-state index contributed by atoms with van der Waals surface area (Å²) in [6.45, 7) is 3.86. The molecule has 2 aromatic carbocycles. The summed E-state index contributed by atoms with van der Waals surface area (Å²) in [7, 11) is 0. The van der Waals surface area contributed by atoms with E-state index in [1.54, 1.807) is 13.8 Å². The lowest BCUT2D eigenvalue weighted by atomic mass is 9.94. The number of hydrogen-bond donors (Lipinski definition) is 2. The van der Waals surface area contributed by atoms with E-state index in [2.05, 4.69) is 26.6 Å². The van der Waals surface area contributed by atoms with Crippen LogP contribution in [0.2, 0.25) is 0 Å². The third-order valence-electron chi connectivity index (χ3n) is 4.12. The number of benzene rings is 2. The number of para-hydroxylation sites is 2. The van der Waals surface area contributed by atoms with Crippen molar-refractivity contribution in [3.05, 3.63) is 71.4 Å². The first-order valence-corrected chi connectivity index (χ1v) is 9.26. The van der Waals surface area contributed by atoms with Gasteiger partial charge in [0.25, 0.3) is 0 Å². The monoisotopic (exact) mass is 392 g/mol. The second-order valence-corrected chi connectivity index (χ2v) is 6.42. The molecule has 0 aromatic heterocycles. The minimum atomic E-state index is -0.480. The molecular formula is C21H20N4O2S. The summed E-state index contributed by atoms with van der Waals surface area (Å²) in [4.78, 5) is 21.1. The first-order valence-electron chi connectivity index (χ1n) is 8.86. The van der Waals surface area contributed by atoms with Crippen LogP contribution in [-0.2, 0) is 9.53 Å². The molecule has 28 heavy (non-hydrogen) atoms. The SMILES string of the molecule is CCOC(=O)C1=C(C)NC(=S)NC1c1ccccc1N=C=Nc1ccccc1. The highest BCUT2D eigenvalue weighted by molar-refractivity contribution is 7.80. The second kappa shape index (κ2) is 9.08. The molecule has 0 amide bonds. The van der Waals surface area contributed by atoms with Gasteiger partial charge in [-0.15, -0.1) is 0 Å². The molecule has 1 atom stereocenters. The molecule has 6 nitrogen and oxygen atoms in total. The van der Waals surface area contributed by atoms with Crippen molar-refractivity contribution in [1.29, 1.82) is 0 Å². The molecule has 0 saturated carbocycles. The minimum absolute atomic E-state index is 0.288. The minimum Gasteiger partial charge on any atom is -0.463 e. The van der Waals surface area contributed by atoms with Crippen molar-refractivity contribution >= 4 is 40.7 Å². The highest BCUT2D eigenvalue weighted by Gasteiger charge is 2.32. The molecule has 0 bridgehead atoms. The Morgan fingerprint density at radius 2 is 1.86 bits per heavy atom. The van der Waals surface area contributed by atoms with Gasteiger partial charge in [0.2, 0.25) is 0 Å². The van der Waals surface area contributed by atoms with Crippen molar-refractivity contribution in [2.75, 3.05) is 6.61 Å². The molecule has 142 valence electrons. The van der Waals surface area contributed by atoms with Gasteiger partial charge >= 0.3 is 5.97 Å². The number of carbonyl (C=O) groups excluding carboxylic acids is 1. The zero-order chi connectivity index (χ0) is 19.9. The molecule has 0 radical (unpaired) electrons. The number of esters is 1. The summed E-state index contributed by atoms with van der Waals surface area (Å²) >= 11 is 5.29. The van der Waals surface area contributed by atoms with Gasteiger partial charge in [-0.25, -0.2) is 4.79 Å². The van der Waals surface area contributed by atoms with Gasteiger partial charge in [0.05, 0.1) is 29.6 Å². The molecule has 0 aliphatic carbocycles. The van der Waals surface area contributed by atoms with Crippen LogP contribution in [0, 0.1) is 0 Å². The van der Waals surface area contributed by atoms with Gasteiger partial charge in [-0.05, 0) is 44.3 Å². The van der Waals surface area contributed by atoms with Gasteiger partial charge in [0.1, 0.15) is 6.01 Å². The van der Waals surface area contributed by atoms with Crippen LogP contribution < -0.4 is 10.6 Å². The molecule has 2 N–H and O–H groups in total. The zero-order valence-electron chi connectivity index (χ0n) is 15.6. The lowest BCUT2D eigenvalue weighted by Gasteiger charge is -2.30. The van der Waals surface area contributed by atoms with Crippen LogP contribution in [0.4, 0.5) is 11.4 Å². The standard InChI is InChI=1S/C21H20N4O2S/c1-3-27-20(26)18-14(2)24-21(28)25-19(18)16-11-7-8-12-17(16)23-13-22-15-9-5-4-6-10-15/h4-12,19H,3H2,1-2H3,(H2,24,25,28). The molecule has 1 heterocycles. The molecule has 3 rings (SSSR count). The van der Waals surface area contributed by atoms with Crippen LogP contribution in [0.3, 0.4) is 0 Å². The Kier molecular flexibility index (Phi) is 6.32. The van der Waals surface area contributed by atoms with Crippen LogP contribution in [0.15, 0.2) is 75.9 Å². The summed E-state index contributed by atoms with van der Waals surface area (Å²) in [6, 6.07) is 19.2. The van der Waals surface area contributed by atoms with Crippen molar-refractivity contribution in [1.82, 2.24) is 10.6 Å². The normalized spacial score (nSPS) is 15.8. The number of rotatable bonds is 5. The van der Waals surface area contributed by atoms with E-state index in [4.69, 9.17) is 17.0 Å². The Morgan fingerprint density at radius 3 is 2.61 bits per heavy atom. The maximum atomic E-state index is 12.5. The van der Waals surface area contributed by atoms with Crippen molar-refractivity contribution in [3.63, 3.8) is 0 Å². The highest BCUT2D eigenvalue weighted by Crippen LogP contribution is 2.33. The number of allylic oxidation sites excluding steroid dienone is 1. The smallest absolute Gasteiger partial charge is 0.338 e. The predicted octanol–water partition coefficient (Wildman–Crippen LogP) is 4.18. The van der Waals surface area contributed by atoms with Gasteiger partial charge in [0.15, 0.2) is 5.11 Å². The van der Waals surface area contributed by atoms with Crippen LogP contribution in [-0.4, -0.2) is 23.7 Å². The van der Waals surface area contributed by atoms with Crippen LogP contribution in [0.25, 0.3) is 0 Å². The molecule has 7 heteroatoms. The average molecular weight is 392 g/mol. The summed E-state index contributed by atoms with van der Waals surface area (Å²) in [6.07, 6.45) is 0. The molecule has 1 aliphatic rings. The van der Waals surface area contributed by atoms with Gasteiger partial charge in [0, 0.05) is 11.3 Å². The van der Waals surface area contributed by atoms with E-state index in [1.165, 1.54) is 0 Å². The maximum Gasteiger partial charge on any atom is 0.338 e. The summed E-state index contributed by atoms with van der Waals surface area (Å²) in [5.41, 5.74) is 3.30. The molecule has 1 unspecified atom stereocenters. The summed E-state index contributed by atoms with van der Waals surface area (Å²) in [5.74, 6) is -0.399. The molecular weight excluding hydrogens is 372 g/mol. The number of hydrogen-bond acceptors (Lipinski definition) is 5.